The van der Waals surface area contributed by atoms with Gasteiger partial charge in [-0.3, -0.25) is 0 Å². The van der Waals surface area contributed by atoms with E-state index in [2.05, 4.69) is 9.78 Å². The third-order valence-electron chi connectivity index (χ3n) is 2.26. The number of hydrogen-bond donors (Lipinski definition) is 0. The van der Waals surface area contributed by atoms with E-state index in [0.29, 0.717) is 10.6 Å². The molecular weight excluding hydrogens is 268 g/mol. The van der Waals surface area contributed by atoms with Crippen LogP contribution in [0.1, 0.15) is 20.7 Å². The molecule has 0 bridgehead atoms. The van der Waals surface area contributed by atoms with Gasteiger partial charge in [-0.05, 0) is 30.3 Å². The number of benzene rings is 2. The first-order chi connectivity index (χ1) is 9.16. The molecule has 0 unspecified atom stereocenters. The lowest BCUT2D eigenvalue weighted by Crippen LogP contribution is -2.11. The van der Waals surface area contributed by atoms with E-state index in [1.165, 1.54) is 12.1 Å². The van der Waals surface area contributed by atoms with Gasteiger partial charge < -0.3 is 0 Å². The van der Waals surface area contributed by atoms with Crippen LogP contribution in [0.25, 0.3) is 0 Å². The molecule has 0 aliphatic heterocycles. The van der Waals surface area contributed by atoms with Gasteiger partial charge in [-0.1, -0.05) is 35.9 Å². The standard InChI is InChI=1S/C14H9ClO4/c15-12-8-4-7-11(9-12)14(17)19-18-13(16)10-5-2-1-3-6-10/h1-9H. The van der Waals surface area contributed by atoms with E-state index in [-0.39, 0.29) is 5.56 Å². The molecule has 0 aromatic heterocycles. The van der Waals surface area contributed by atoms with Crippen molar-refractivity contribution in [1.82, 2.24) is 0 Å². The second kappa shape index (κ2) is 6.02. The Kier molecular flexibility index (Phi) is 4.15. The maximum atomic E-state index is 11.6. The van der Waals surface area contributed by atoms with Crippen LogP contribution in [0.2, 0.25) is 5.02 Å². The van der Waals surface area contributed by atoms with Crippen LogP contribution in [-0.2, 0) is 9.78 Å². The summed E-state index contributed by atoms with van der Waals surface area (Å²) >= 11 is 5.73. The van der Waals surface area contributed by atoms with E-state index in [0.717, 1.165) is 0 Å². The molecule has 0 fully saturated rings. The van der Waals surface area contributed by atoms with Crippen molar-refractivity contribution in [2.75, 3.05) is 0 Å². The van der Waals surface area contributed by atoms with Crippen LogP contribution >= 0.6 is 11.6 Å². The van der Waals surface area contributed by atoms with Gasteiger partial charge in [0, 0.05) is 5.02 Å². The maximum absolute atomic E-state index is 11.6. The van der Waals surface area contributed by atoms with Crippen LogP contribution in [0.4, 0.5) is 0 Å². The van der Waals surface area contributed by atoms with E-state index < -0.39 is 11.9 Å². The molecule has 19 heavy (non-hydrogen) atoms. The molecule has 2 aromatic carbocycles. The van der Waals surface area contributed by atoms with E-state index in [9.17, 15) is 9.59 Å². The Labute approximate surface area is 114 Å². The quantitative estimate of drug-likeness (QED) is 0.624. The zero-order valence-corrected chi connectivity index (χ0v) is 10.5. The summed E-state index contributed by atoms with van der Waals surface area (Å²) in [6.07, 6.45) is 0. The van der Waals surface area contributed by atoms with Gasteiger partial charge in [0.1, 0.15) is 0 Å². The van der Waals surface area contributed by atoms with E-state index in [4.69, 9.17) is 11.6 Å². The molecule has 4 nitrogen and oxygen atoms in total. The summed E-state index contributed by atoms with van der Waals surface area (Å²) in [5.74, 6) is -1.53. The molecule has 0 radical (unpaired) electrons. The van der Waals surface area contributed by atoms with Crippen LogP contribution in [0.3, 0.4) is 0 Å². The summed E-state index contributed by atoms with van der Waals surface area (Å²) in [6, 6.07) is 14.3. The van der Waals surface area contributed by atoms with Crippen molar-refractivity contribution in [3.05, 3.63) is 70.7 Å². The lowest BCUT2D eigenvalue weighted by molar-refractivity contribution is -0.187. The zero-order chi connectivity index (χ0) is 13.7. The predicted molar refractivity (Wildman–Crippen MR) is 68.7 cm³/mol. The lowest BCUT2D eigenvalue weighted by atomic mass is 10.2. The third-order valence-corrected chi connectivity index (χ3v) is 2.50. The summed E-state index contributed by atoms with van der Waals surface area (Å²) in [4.78, 5) is 32.0. The number of hydrogen-bond acceptors (Lipinski definition) is 4. The van der Waals surface area contributed by atoms with Crippen molar-refractivity contribution >= 4 is 23.5 Å². The molecule has 0 amide bonds. The normalized spacial score (nSPS) is 9.74. The first-order valence-corrected chi connectivity index (χ1v) is 5.78. The summed E-state index contributed by atoms with van der Waals surface area (Å²) < 4.78 is 0. The number of carbonyl (C=O) groups is 2. The van der Waals surface area contributed by atoms with Crippen molar-refractivity contribution in [2.24, 2.45) is 0 Å². The van der Waals surface area contributed by atoms with Crippen molar-refractivity contribution in [1.29, 1.82) is 0 Å². The SMILES string of the molecule is O=C(OOC(=O)c1cccc(Cl)c1)c1ccccc1. The average molecular weight is 277 g/mol. The highest BCUT2D eigenvalue weighted by Crippen LogP contribution is 2.12. The fraction of sp³-hybridized carbons (Fsp3) is 0. The summed E-state index contributed by atoms with van der Waals surface area (Å²) in [5.41, 5.74) is 0.495. The minimum Gasteiger partial charge on any atom is -0.242 e. The topological polar surface area (TPSA) is 52.6 Å². The molecule has 96 valence electrons. The van der Waals surface area contributed by atoms with Crippen LogP contribution in [0.15, 0.2) is 54.6 Å². The van der Waals surface area contributed by atoms with E-state index >= 15 is 0 Å². The van der Waals surface area contributed by atoms with Gasteiger partial charge in [0.25, 0.3) is 0 Å². The molecule has 5 heteroatoms. The molecule has 0 atom stereocenters. The molecule has 0 aliphatic rings. The Bertz CT molecular complexity index is 595. The molecule has 0 aliphatic carbocycles. The summed E-state index contributed by atoms with van der Waals surface area (Å²) in [7, 11) is 0. The molecule has 0 saturated carbocycles. The summed E-state index contributed by atoms with van der Waals surface area (Å²) in [5, 5.41) is 0.392. The maximum Gasteiger partial charge on any atom is 0.386 e. The zero-order valence-electron chi connectivity index (χ0n) is 9.71. The van der Waals surface area contributed by atoms with Crippen molar-refractivity contribution in [3.8, 4) is 0 Å². The minimum absolute atomic E-state index is 0.202. The Morgan fingerprint density at radius 3 is 2.00 bits per heavy atom. The molecule has 0 spiro atoms. The monoisotopic (exact) mass is 276 g/mol. The average Bonchev–Trinajstić information content (AvgIpc) is 2.45. The van der Waals surface area contributed by atoms with E-state index in [1.54, 1.807) is 42.5 Å². The van der Waals surface area contributed by atoms with Gasteiger partial charge in [0.15, 0.2) is 0 Å². The van der Waals surface area contributed by atoms with Crippen LogP contribution in [-0.4, -0.2) is 11.9 Å². The Hall–Kier alpha value is -2.33. The van der Waals surface area contributed by atoms with Gasteiger partial charge in [-0.25, -0.2) is 19.4 Å². The van der Waals surface area contributed by atoms with Crippen LogP contribution in [0.5, 0.6) is 0 Å². The predicted octanol–water partition coefficient (Wildman–Crippen LogP) is 3.27. The Morgan fingerprint density at radius 1 is 0.789 bits per heavy atom. The van der Waals surface area contributed by atoms with Crippen LogP contribution in [0, 0.1) is 0 Å². The molecule has 0 heterocycles. The van der Waals surface area contributed by atoms with Gasteiger partial charge in [0.05, 0.1) is 11.1 Å². The van der Waals surface area contributed by atoms with Crippen LogP contribution < -0.4 is 0 Å². The van der Waals surface area contributed by atoms with Crippen molar-refractivity contribution in [2.45, 2.75) is 0 Å². The Balaban J connectivity index is 1.96. The number of carbonyl (C=O) groups excluding carboxylic acids is 2. The van der Waals surface area contributed by atoms with Gasteiger partial charge in [-0.15, -0.1) is 0 Å². The van der Waals surface area contributed by atoms with Gasteiger partial charge >= 0.3 is 11.9 Å². The highest BCUT2D eigenvalue weighted by molar-refractivity contribution is 6.30. The minimum atomic E-state index is -0.785. The lowest BCUT2D eigenvalue weighted by Gasteiger charge is -2.03. The van der Waals surface area contributed by atoms with Gasteiger partial charge in [-0.2, -0.15) is 0 Å². The number of rotatable bonds is 2. The summed E-state index contributed by atoms with van der Waals surface area (Å²) in [6.45, 7) is 0. The highest BCUT2D eigenvalue weighted by atomic mass is 35.5. The fourth-order valence-corrected chi connectivity index (χ4v) is 1.55. The van der Waals surface area contributed by atoms with Crippen molar-refractivity contribution in [3.63, 3.8) is 0 Å². The fourth-order valence-electron chi connectivity index (χ4n) is 1.36. The highest BCUT2D eigenvalue weighted by Gasteiger charge is 2.13. The second-order valence-corrected chi connectivity index (χ2v) is 4.05. The molecule has 0 saturated heterocycles. The first-order valence-electron chi connectivity index (χ1n) is 5.40. The third kappa shape index (κ3) is 3.56. The molecule has 2 rings (SSSR count). The number of halogens is 1. The largest absolute Gasteiger partial charge is 0.386 e. The first kappa shape index (κ1) is 13.1. The molecule has 0 N–H and O–H groups in total. The molecule has 2 aromatic rings. The van der Waals surface area contributed by atoms with Gasteiger partial charge in [0.2, 0.25) is 0 Å². The second-order valence-electron chi connectivity index (χ2n) is 3.62. The van der Waals surface area contributed by atoms with E-state index in [1.807, 2.05) is 0 Å². The molecular formula is C14H9ClO4. The smallest absolute Gasteiger partial charge is 0.242 e. The Morgan fingerprint density at radius 2 is 1.37 bits per heavy atom. The van der Waals surface area contributed by atoms with Crippen molar-refractivity contribution < 1.29 is 19.4 Å².